The van der Waals surface area contributed by atoms with E-state index in [2.05, 4.69) is 24.5 Å². The number of rotatable bonds is 5. The third-order valence-electron chi connectivity index (χ3n) is 3.95. The summed E-state index contributed by atoms with van der Waals surface area (Å²) in [4.78, 5) is 12.6. The molecular weight excluding hydrogens is 321 g/mol. The third kappa shape index (κ3) is 4.14. The van der Waals surface area contributed by atoms with Gasteiger partial charge in [-0.2, -0.15) is 0 Å². The minimum absolute atomic E-state index is 0.202. The average Bonchev–Trinajstić information content (AvgIpc) is 2.47. The summed E-state index contributed by atoms with van der Waals surface area (Å²) in [6.07, 6.45) is 0.375. The van der Waals surface area contributed by atoms with Crippen LogP contribution in [0.3, 0.4) is 0 Å². The van der Waals surface area contributed by atoms with Gasteiger partial charge in [0, 0.05) is 38.1 Å². The average molecular weight is 338 g/mol. The van der Waals surface area contributed by atoms with Crippen LogP contribution in [0.2, 0.25) is 0 Å². The summed E-state index contributed by atoms with van der Waals surface area (Å²) < 4.78 is 40.3. The van der Waals surface area contributed by atoms with Gasteiger partial charge in [0.05, 0.1) is 6.20 Å². The summed E-state index contributed by atoms with van der Waals surface area (Å²) in [5.41, 5.74) is 0.935. The van der Waals surface area contributed by atoms with Crippen molar-refractivity contribution in [3.8, 4) is 5.75 Å². The lowest BCUT2D eigenvalue weighted by Gasteiger charge is -2.44. The monoisotopic (exact) mass is 338 g/mol. The molecule has 3 rings (SSSR count). The number of halogens is 3. The first-order valence-electron chi connectivity index (χ1n) is 7.46. The largest absolute Gasteiger partial charge is 0.573 e. The van der Waals surface area contributed by atoms with Gasteiger partial charge in [-0.15, -0.1) is 13.2 Å². The summed E-state index contributed by atoms with van der Waals surface area (Å²) in [7, 11) is 2.00. The smallest absolute Gasteiger partial charge is 0.406 e. The fraction of sp³-hybridized carbons (Fsp3) is 0.375. The number of likely N-dealkylation sites (N-methyl/N-ethyl adjacent to an activating group) is 1. The van der Waals surface area contributed by atoms with Crippen LogP contribution in [-0.4, -0.2) is 47.4 Å². The number of nitrogens with zero attached hydrogens (tertiary/aromatic N) is 4. The van der Waals surface area contributed by atoms with Crippen molar-refractivity contribution in [3.05, 3.63) is 48.4 Å². The molecule has 24 heavy (non-hydrogen) atoms. The van der Waals surface area contributed by atoms with Crippen molar-refractivity contribution in [3.63, 3.8) is 0 Å². The Balaban J connectivity index is 1.50. The van der Waals surface area contributed by atoms with Crippen LogP contribution in [-0.2, 0) is 6.54 Å². The molecule has 2 heterocycles. The van der Waals surface area contributed by atoms with Gasteiger partial charge in [-0.05, 0) is 24.7 Å². The number of benzene rings is 1. The highest BCUT2D eigenvalue weighted by atomic mass is 19.4. The van der Waals surface area contributed by atoms with E-state index in [0.717, 1.165) is 24.5 Å². The molecule has 0 unspecified atom stereocenters. The summed E-state index contributed by atoms with van der Waals surface area (Å²) in [5.74, 6) is 0.655. The van der Waals surface area contributed by atoms with Crippen LogP contribution in [0.1, 0.15) is 5.56 Å². The van der Waals surface area contributed by atoms with Crippen LogP contribution < -0.4 is 9.64 Å². The standard InChI is InChI=1S/C16H17F3N4O/c1-22(13-10-23(11-13)15-8-20-6-7-21-15)9-12-2-4-14(5-3-12)24-16(17,18)19/h2-8,13H,9-11H2,1H3. The molecule has 2 aromatic rings. The van der Waals surface area contributed by atoms with Gasteiger partial charge >= 0.3 is 6.36 Å². The number of ether oxygens (including phenoxy) is 1. The zero-order valence-corrected chi connectivity index (χ0v) is 13.1. The van der Waals surface area contributed by atoms with E-state index in [1.165, 1.54) is 12.1 Å². The molecule has 0 spiro atoms. The number of hydrogen-bond acceptors (Lipinski definition) is 5. The maximum absolute atomic E-state index is 12.1. The van der Waals surface area contributed by atoms with Gasteiger partial charge in [0.2, 0.25) is 0 Å². The van der Waals surface area contributed by atoms with Crippen molar-refractivity contribution in [2.45, 2.75) is 18.9 Å². The molecule has 5 nitrogen and oxygen atoms in total. The zero-order valence-electron chi connectivity index (χ0n) is 13.1. The molecular formula is C16H17F3N4O. The van der Waals surface area contributed by atoms with E-state index in [0.29, 0.717) is 12.6 Å². The Labute approximate surface area is 137 Å². The Kier molecular flexibility index (Phi) is 4.57. The van der Waals surface area contributed by atoms with Crippen LogP contribution in [0.15, 0.2) is 42.9 Å². The molecule has 0 bridgehead atoms. The summed E-state index contributed by atoms with van der Waals surface area (Å²) >= 11 is 0. The highest BCUT2D eigenvalue weighted by Crippen LogP contribution is 2.24. The molecule has 1 saturated heterocycles. The van der Waals surface area contributed by atoms with E-state index in [1.807, 2.05) is 7.05 Å². The van der Waals surface area contributed by atoms with E-state index in [1.54, 1.807) is 30.7 Å². The fourth-order valence-electron chi connectivity index (χ4n) is 2.59. The molecule has 0 saturated carbocycles. The van der Waals surface area contributed by atoms with Gasteiger partial charge in [-0.25, -0.2) is 4.98 Å². The lowest BCUT2D eigenvalue weighted by molar-refractivity contribution is -0.274. The fourth-order valence-corrected chi connectivity index (χ4v) is 2.59. The lowest BCUT2D eigenvalue weighted by atomic mass is 10.1. The van der Waals surface area contributed by atoms with Crippen LogP contribution in [0, 0.1) is 0 Å². The van der Waals surface area contributed by atoms with Crippen molar-refractivity contribution in [1.29, 1.82) is 0 Å². The second-order valence-electron chi connectivity index (χ2n) is 5.73. The zero-order chi connectivity index (χ0) is 17.2. The molecule has 0 atom stereocenters. The summed E-state index contributed by atoms with van der Waals surface area (Å²) in [6, 6.07) is 6.35. The molecule has 1 aliphatic rings. The number of alkyl halides is 3. The molecule has 0 aliphatic carbocycles. The van der Waals surface area contributed by atoms with Gasteiger partial charge < -0.3 is 9.64 Å². The Hall–Kier alpha value is -2.35. The van der Waals surface area contributed by atoms with E-state index in [9.17, 15) is 13.2 Å². The van der Waals surface area contributed by atoms with Crippen molar-refractivity contribution < 1.29 is 17.9 Å². The predicted molar refractivity (Wildman–Crippen MR) is 82.6 cm³/mol. The minimum Gasteiger partial charge on any atom is -0.406 e. The van der Waals surface area contributed by atoms with E-state index >= 15 is 0 Å². The number of anilines is 1. The highest BCUT2D eigenvalue weighted by molar-refractivity contribution is 5.39. The molecule has 1 aliphatic heterocycles. The minimum atomic E-state index is -4.66. The van der Waals surface area contributed by atoms with Crippen LogP contribution in [0.5, 0.6) is 5.75 Å². The second kappa shape index (κ2) is 6.64. The molecule has 0 N–H and O–H groups in total. The first kappa shape index (κ1) is 16.5. The highest BCUT2D eigenvalue weighted by Gasteiger charge is 2.32. The maximum atomic E-state index is 12.1. The van der Waals surface area contributed by atoms with Crippen molar-refractivity contribution in [1.82, 2.24) is 14.9 Å². The van der Waals surface area contributed by atoms with Crippen LogP contribution in [0.25, 0.3) is 0 Å². The molecule has 1 fully saturated rings. The van der Waals surface area contributed by atoms with Gasteiger partial charge in [0.15, 0.2) is 0 Å². The van der Waals surface area contributed by atoms with Crippen LogP contribution in [0.4, 0.5) is 19.0 Å². The maximum Gasteiger partial charge on any atom is 0.573 e. The molecule has 128 valence electrons. The summed E-state index contributed by atoms with van der Waals surface area (Å²) in [6.45, 7) is 2.36. The van der Waals surface area contributed by atoms with Crippen LogP contribution >= 0.6 is 0 Å². The quantitative estimate of drug-likeness (QED) is 0.838. The number of hydrogen-bond donors (Lipinski definition) is 0. The molecule has 8 heteroatoms. The Morgan fingerprint density at radius 2 is 1.92 bits per heavy atom. The second-order valence-corrected chi connectivity index (χ2v) is 5.73. The topological polar surface area (TPSA) is 41.5 Å². The SMILES string of the molecule is CN(Cc1ccc(OC(F)(F)F)cc1)C1CN(c2cnccn2)C1. The molecule has 1 aromatic carbocycles. The first-order chi connectivity index (χ1) is 11.4. The Morgan fingerprint density at radius 3 is 2.50 bits per heavy atom. The third-order valence-corrected chi connectivity index (χ3v) is 3.95. The lowest BCUT2D eigenvalue weighted by Crippen LogP contribution is -2.58. The molecule has 0 amide bonds. The Morgan fingerprint density at radius 1 is 1.21 bits per heavy atom. The normalized spacial score (nSPS) is 15.5. The first-order valence-corrected chi connectivity index (χ1v) is 7.46. The van der Waals surface area contributed by atoms with Gasteiger partial charge in [0.1, 0.15) is 11.6 Å². The molecule has 1 aromatic heterocycles. The predicted octanol–water partition coefficient (Wildman–Crippen LogP) is 2.70. The van der Waals surface area contributed by atoms with Crippen molar-refractivity contribution >= 4 is 5.82 Å². The summed E-state index contributed by atoms with van der Waals surface area (Å²) in [5, 5.41) is 0. The van der Waals surface area contributed by atoms with Crippen molar-refractivity contribution in [2.75, 3.05) is 25.0 Å². The van der Waals surface area contributed by atoms with Gasteiger partial charge in [0.25, 0.3) is 0 Å². The van der Waals surface area contributed by atoms with Crippen molar-refractivity contribution in [2.24, 2.45) is 0 Å². The molecule has 0 radical (unpaired) electrons. The van der Waals surface area contributed by atoms with E-state index in [4.69, 9.17) is 0 Å². The van der Waals surface area contributed by atoms with E-state index < -0.39 is 6.36 Å². The number of aromatic nitrogens is 2. The van der Waals surface area contributed by atoms with E-state index in [-0.39, 0.29) is 5.75 Å². The van der Waals surface area contributed by atoms with Gasteiger partial charge in [-0.3, -0.25) is 9.88 Å². The Bertz CT molecular complexity index is 657. The van der Waals surface area contributed by atoms with Gasteiger partial charge in [-0.1, -0.05) is 12.1 Å².